The molecule has 12 aromatic rings. The highest BCUT2D eigenvalue weighted by molar-refractivity contribution is 6.17. The Kier molecular flexibility index (Phi) is 6.79. The Morgan fingerprint density at radius 3 is 1.51 bits per heavy atom. The van der Waals surface area contributed by atoms with Gasteiger partial charge in [0.2, 0.25) is 0 Å². The van der Waals surface area contributed by atoms with E-state index < -0.39 is 0 Å². The number of para-hydroxylation sites is 3. The SMILES string of the molecule is c1cncc(-c2nc(-c3ccc(-c4ccc(-c5ccc6c(c5)oc5ccccc56)c5oc6ccccc6c45)cc3)nc(-c3ccc4c(c3)oc3ccccc34)n2)c1. The zero-order chi connectivity index (χ0) is 37.5. The van der Waals surface area contributed by atoms with Crippen LogP contribution in [0.3, 0.4) is 0 Å². The van der Waals surface area contributed by atoms with Crippen LogP contribution in [0.25, 0.3) is 122 Å². The second-order valence-electron chi connectivity index (χ2n) is 14.2. The molecule has 0 saturated carbocycles. The average Bonchev–Trinajstić information content (AvgIpc) is 3.97. The minimum atomic E-state index is 0.542. The van der Waals surface area contributed by atoms with E-state index in [9.17, 15) is 0 Å². The van der Waals surface area contributed by atoms with Gasteiger partial charge in [-0.3, -0.25) is 4.98 Å². The van der Waals surface area contributed by atoms with E-state index in [1.807, 2.05) is 72.8 Å². The van der Waals surface area contributed by atoms with Crippen LogP contribution in [0.1, 0.15) is 0 Å². The number of hydrogen-bond donors (Lipinski definition) is 0. The summed E-state index contributed by atoms with van der Waals surface area (Å²) in [5.74, 6) is 1.65. The number of aromatic nitrogens is 4. The van der Waals surface area contributed by atoms with Crippen LogP contribution in [0, 0.1) is 0 Å². The number of benzene rings is 7. The third kappa shape index (κ3) is 5.06. The van der Waals surface area contributed by atoms with E-state index in [0.29, 0.717) is 17.5 Å². The van der Waals surface area contributed by atoms with Gasteiger partial charge in [0, 0.05) is 67.0 Å². The first-order chi connectivity index (χ1) is 28.2. The Hall–Kier alpha value is -7.90. The number of rotatable bonds is 5. The van der Waals surface area contributed by atoms with E-state index in [-0.39, 0.29) is 0 Å². The van der Waals surface area contributed by atoms with Crippen molar-refractivity contribution >= 4 is 65.8 Å². The standard InChI is InChI=1S/C50H28N4O3/c1-4-12-41-36(9-1)38-21-19-31(26-44(38)55-41)35-24-23-34(46-40-11-3-6-14-43(40)57-47(35)46)29-15-17-30(18-16-29)48-52-49(54-50(53-48)33-8-7-25-51-28-33)32-20-22-39-37-10-2-5-13-42(37)56-45(39)27-32/h1-28H. The summed E-state index contributed by atoms with van der Waals surface area (Å²) in [6.45, 7) is 0. The number of fused-ring (bicyclic) bond motifs is 9. The molecule has 7 aromatic carbocycles. The van der Waals surface area contributed by atoms with Crippen molar-refractivity contribution in [2.45, 2.75) is 0 Å². The molecule has 0 spiro atoms. The lowest BCUT2D eigenvalue weighted by molar-refractivity contribution is 0.668. The number of pyridine rings is 1. The summed E-state index contributed by atoms with van der Waals surface area (Å²) < 4.78 is 19.1. The van der Waals surface area contributed by atoms with Gasteiger partial charge in [-0.2, -0.15) is 0 Å². The van der Waals surface area contributed by atoms with E-state index >= 15 is 0 Å². The van der Waals surface area contributed by atoms with Crippen LogP contribution in [-0.2, 0) is 0 Å². The first-order valence-corrected chi connectivity index (χ1v) is 18.8. The summed E-state index contributed by atoms with van der Waals surface area (Å²) >= 11 is 0. The molecule has 57 heavy (non-hydrogen) atoms. The second kappa shape index (κ2) is 12.3. The van der Waals surface area contributed by atoms with E-state index in [0.717, 1.165) is 105 Å². The third-order valence-corrected chi connectivity index (χ3v) is 10.9. The van der Waals surface area contributed by atoms with Crippen molar-refractivity contribution in [3.8, 4) is 56.4 Å². The maximum atomic E-state index is 6.65. The Morgan fingerprint density at radius 2 is 0.842 bits per heavy atom. The Labute approximate surface area is 324 Å². The van der Waals surface area contributed by atoms with Crippen LogP contribution in [0.2, 0.25) is 0 Å². The molecular formula is C50H28N4O3. The summed E-state index contributed by atoms with van der Waals surface area (Å²) in [4.78, 5) is 19.2. The number of nitrogens with zero attached hydrogens (tertiary/aromatic N) is 4. The van der Waals surface area contributed by atoms with Gasteiger partial charge in [0.05, 0.1) is 0 Å². The fourth-order valence-corrected chi connectivity index (χ4v) is 8.11. The van der Waals surface area contributed by atoms with Crippen LogP contribution in [0.5, 0.6) is 0 Å². The largest absolute Gasteiger partial charge is 0.456 e. The van der Waals surface area contributed by atoms with Gasteiger partial charge in [-0.25, -0.2) is 15.0 Å². The first-order valence-electron chi connectivity index (χ1n) is 18.8. The predicted molar refractivity (Wildman–Crippen MR) is 227 cm³/mol. The predicted octanol–water partition coefficient (Wildman–Crippen LogP) is 13.3. The molecule has 0 fully saturated rings. The molecule has 7 nitrogen and oxygen atoms in total. The van der Waals surface area contributed by atoms with E-state index in [1.165, 1.54) is 0 Å². The smallest absolute Gasteiger partial charge is 0.165 e. The fraction of sp³-hybridized carbons (Fsp3) is 0. The molecule has 0 bridgehead atoms. The molecule has 0 aliphatic carbocycles. The van der Waals surface area contributed by atoms with Crippen molar-refractivity contribution in [2.24, 2.45) is 0 Å². The van der Waals surface area contributed by atoms with Crippen LogP contribution in [0.4, 0.5) is 0 Å². The molecule has 0 N–H and O–H groups in total. The second-order valence-corrected chi connectivity index (χ2v) is 14.2. The van der Waals surface area contributed by atoms with Crippen LogP contribution in [0.15, 0.2) is 183 Å². The zero-order valence-corrected chi connectivity index (χ0v) is 30.2. The Bertz CT molecular complexity index is 3530. The van der Waals surface area contributed by atoms with Gasteiger partial charge < -0.3 is 13.3 Å². The van der Waals surface area contributed by atoms with Crippen molar-refractivity contribution in [2.75, 3.05) is 0 Å². The zero-order valence-electron chi connectivity index (χ0n) is 30.2. The average molecular weight is 733 g/mol. The van der Waals surface area contributed by atoms with E-state index in [2.05, 4.69) is 89.9 Å². The molecule has 5 heterocycles. The lowest BCUT2D eigenvalue weighted by atomic mass is 9.94. The van der Waals surface area contributed by atoms with Gasteiger partial charge in [-0.05, 0) is 77.4 Å². The topological polar surface area (TPSA) is 91.0 Å². The Balaban J connectivity index is 0.971. The molecule has 0 radical (unpaired) electrons. The lowest BCUT2D eigenvalue weighted by Gasteiger charge is -2.10. The highest BCUT2D eigenvalue weighted by Crippen LogP contribution is 2.43. The minimum absolute atomic E-state index is 0.542. The molecule has 0 amide bonds. The van der Waals surface area contributed by atoms with Gasteiger partial charge in [-0.1, -0.05) is 97.1 Å². The molecule has 12 rings (SSSR count). The summed E-state index contributed by atoms with van der Waals surface area (Å²) in [6.07, 6.45) is 3.51. The van der Waals surface area contributed by atoms with Crippen molar-refractivity contribution in [3.05, 3.63) is 170 Å². The normalized spacial score (nSPS) is 11.9. The van der Waals surface area contributed by atoms with E-state index in [1.54, 1.807) is 12.4 Å². The highest BCUT2D eigenvalue weighted by atomic mass is 16.3. The van der Waals surface area contributed by atoms with Gasteiger partial charge in [0.25, 0.3) is 0 Å². The molecule has 0 saturated heterocycles. The van der Waals surface area contributed by atoms with Crippen molar-refractivity contribution in [1.29, 1.82) is 0 Å². The molecular weight excluding hydrogens is 705 g/mol. The number of furan rings is 3. The van der Waals surface area contributed by atoms with E-state index in [4.69, 9.17) is 28.2 Å². The van der Waals surface area contributed by atoms with Gasteiger partial charge >= 0.3 is 0 Å². The molecule has 7 heteroatoms. The van der Waals surface area contributed by atoms with Gasteiger partial charge in [0.15, 0.2) is 17.5 Å². The summed E-state index contributed by atoms with van der Waals surface area (Å²) in [7, 11) is 0. The lowest BCUT2D eigenvalue weighted by Crippen LogP contribution is -2.00. The quantitative estimate of drug-likeness (QED) is 0.174. The maximum absolute atomic E-state index is 6.65. The molecule has 0 aliphatic rings. The highest BCUT2D eigenvalue weighted by Gasteiger charge is 2.20. The van der Waals surface area contributed by atoms with Gasteiger partial charge in [0.1, 0.15) is 33.5 Å². The number of hydrogen-bond acceptors (Lipinski definition) is 7. The first kappa shape index (κ1) is 31.5. The summed E-state index contributed by atoms with van der Waals surface area (Å²) in [5.41, 5.74) is 11.7. The third-order valence-electron chi connectivity index (χ3n) is 10.9. The van der Waals surface area contributed by atoms with Crippen molar-refractivity contribution in [3.63, 3.8) is 0 Å². The van der Waals surface area contributed by atoms with Crippen LogP contribution < -0.4 is 0 Å². The summed E-state index contributed by atoms with van der Waals surface area (Å²) in [6, 6.07) is 53.5. The maximum Gasteiger partial charge on any atom is 0.165 e. The molecule has 266 valence electrons. The van der Waals surface area contributed by atoms with Crippen molar-refractivity contribution in [1.82, 2.24) is 19.9 Å². The van der Waals surface area contributed by atoms with Crippen LogP contribution >= 0.6 is 0 Å². The van der Waals surface area contributed by atoms with Crippen LogP contribution in [-0.4, -0.2) is 19.9 Å². The fourth-order valence-electron chi connectivity index (χ4n) is 8.11. The summed E-state index contributed by atoms with van der Waals surface area (Å²) in [5, 5.41) is 6.44. The minimum Gasteiger partial charge on any atom is -0.456 e. The molecule has 0 atom stereocenters. The van der Waals surface area contributed by atoms with Crippen molar-refractivity contribution < 1.29 is 13.3 Å². The van der Waals surface area contributed by atoms with Gasteiger partial charge in [-0.15, -0.1) is 0 Å². The molecule has 0 aliphatic heterocycles. The molecule has 5 aromatic heterocycles. The molecule has 0 unspecified atom stereocenters. The monoisotopic (exact) mass is 732 g/mol. The Morgan fingerprint density at radius 1 is 0.333 bits per heavy atom.